The average molecular weight is 288 g/mol. The predicted octanol–water partition coefficient (Wildman–Crippen LogP) is 4.38. The van der Waals surface area contributed by atoms with Crippen LogP contribution in [0, 0.1) is 5.41 Å². The third-order valence-corrected chi connectivity index (χ3v) is 3.27. The van der Waals surface area contributed by atoms with Gasteiger partial charge in [-0.3, -0.25) is 4.79 Å². The van der Waals surface area contributed by atoms with E-state index in [1.807, 2.05) is 0 Å². The van der Waals surface area contributed by atoms with E-state index in [9.17, 15) is 4.79 Å². The highest BCUT2D eigenvalue weighted by Gasteiger charge is 2.08. The Hall–Kier alpha value is -0.610. The molecule has 1 aliphatic rings. The Labute approximate surface area is 125 Å². The molecule has 0 amide bonds. The van der Waals surface area contributed by atoms with Gasteiger partial charge in [0.2, 0.25) is 0 Å². The summed E-state index contributed by atoms with van der Waals surface area (Å²) < 4.78 is 0. The minimum absolute atomic E-state index is 0. The molecule has 0 atom stereocenters. The van der Waals surface area contributed by atoms with E-state index in [2.05, 4.69) is 26.1 Å². The zero-order chi connectivity index (χ0) is 14.6. The van der Waals surface area contributed by atoms with Crippen LogP contribution in [0.4, 0.5) is 0 Å². The molecule has 1 saturated heterocycles. The molecule has 0 aliphatic carbocycles. The number of hydrogen-bond donors (Lipinski definition) is 3. The zero-order valence-electron chi connectivity index (χ0n) is 13.8. The van der Waals surface area contributed by atoms with Crippen LogP contribution in [0.15, 0.2) is 0 Å². The number of unbranched alkanes of at least 4 members (excludes halogenated alkanes) is 2. The van der Waals surface area contributed by atoms with Crippen LogP contribution in [-0.2, 0) is 4.79 Å². The Morgan fingerprint density at radius 3 is 2.00 bits per heavy atom. The third kappa shape index (κ3) is 19.7. The van der Waals surface area contributed by atoms with Gasteiger partial charge in [-0.15, -0.1) is 0 Å². The lowest BCUT2D eigenvalue weighted by Gasteiger charge is -2.17. The highest BCUT2D eigenvalue weighted by Crippen LogP contribution is 2.22. The van der Waals surface area contributed by atoms with Crippen LogP contribution in [0.5, 0.6) is 0 Å². The first-order valence-corrected chi connectivity index (χ1v) is 7.84. The largest absolute Gasteiger partial charge is 0.481 e. The molecule has 1 fully saturated rings. The first-order chi connectivity index (χ1) is 8.92. The fourth-order valence-corrected chi connectivity index (χ4v) is 2.09. The smallest absolute Gasteiger partial charge is 0.303 e. The van der Waals surface area contributed by atoms with Crippen LogP contribution >= 0.6 is 0 Å². The molecule has 0 aromatic rings. The van der Waals surface area contributed by atoms with Crippen molar-refractivity contribution in [3.8, 4) is 0 Å². The van der Waals surface area contributed by atoms with E-state index in [0.717, 1.165) is 19.3 Å². The highest BCUT2D eigenvalue weighted by atomic mass is 16.4. The standard InChI is InChI=1S/C10H20O2.C6H13N.H3N/c1-10(2,3)8-6-4-5-7-9(11)12;1-2-4-6-7-5-3-1;/h4-8H2,1-3H3,(H,11,12);7H,1-6H2;1H3. The number of carboxylic acid groups (broad SMARTS) is 1. The van der Waals surface area contributed by atoms with Gasteiger partial charge in [0.1, 0.15) is 0 Å². The Kier molecular flexibility index (Phi) is 14.5. The molecular weight excluding hydrogens is 252 g/mol. The van der Waals surface area contributed by atoms with Crippen LogP contribution in [0.25, 0.3) is 0 Å². The molecule has 0 aromatic heterocycles. The van der Waals surface area contributed by atoms with E-state index in [1.165, 1.54) is 45.2 Å². The van der Waals surface area contributed by atoms with Crippen molar-refractivity contribution >= 4 is 5.97 Å². The van der Waals surface area contributed by atoms with Crippen LogP contribution in [0.1, 0.15) is 78.6 Å². The van der Waals surface area contributed by atoms with E-state index in [-0.39, 0.29) is 6.15 Å². The molecule has 4 nitrogen and oxygen atoms in total. The molecule has 0 saturated carbocycles. The van der Waals surface area contributed by atoms with Crippen LogP contribution in [0.2, 0.25) is 0 Å². The van der Waals surface area contributed by atoms with Gasteiger partial charge in [-0.2, -0.15) is 0 Å². The molecule has 1 rings (SSSR count). The molecule has 0 unspecified atom stereocenters. The second kappa shape index (κ2) is 13.4. The molecular formula is C16H36N2O2. The van der Waals surface area contributed by atoms with Crippen molar-refractivity contribution in [2.45, 2.75) is 78.6 Å². The summed E-state index contributed by atoms with van der Waals surface area (Å²) in [5.41, 5.74) is 0.392. The second-order valence-electron chi connectivity index (χ2n) is 6.68. The Bertz CT molecular complexity index is 205. The normalized spacial score (nSPS) is 15.3. The summed E-state index contributed by atoms with van der Waals surface area (Å²) >= 11 is 0. The van der Waals surface area contributed by atoms with E-state index in [1.54, 1.807) is 0 Å². The minimum atomic E-state index is -0.675. The first kappa shape index (κ1) is 21.7. The first-order valence-electron chi connectivity index (χ1n) is 7.84. The molecule has 5 N–H and O–H groups in total. The Balaban J connectivity index is 0. The van der Waals surface area contributed by atoms with Crippen molar-refractivity contribution in [3.63, 3.8) is 0 Å². The van der Waals surface area contributed by atoms with Gasteiger partial charge in [-0.1, -0.05) is 46.5 Å². The van der Waals surface area contributed by atoms with Gasteiger partial charge in [0, 0.05) is 6.42 Å². The van der Waals surface area contributed by atoms with E-state index in [0.29, 0.717) is 11.8 Å². The summed E-state index contributed by atoms with van der Waals surface area (Å²) in [5, 5.41) is 11.7. The van der Waals surface area contributed by atoms with Gasteiger partial charge in [0.05, 0.1) is 0 Å². The number of rotatable bonds is 5. The van der Waals surface area contributed by atoms with Crippen molar-refractivity contribution in [2.24, 2.45) is 5.41 Å². The van der Waals surface area contributed by atoms with Gasteiger partial charge < -0.3 is 16.6 Å². The molecule has 20 heavy (non-hydrogen) atoms. The molecule has 122 valence electrons. The van der Waals surface area contributed by atoms with Crippen LogP contribution in [0.3, 0.4) is 0 Å². The van der Waals surface area contributed by atoms with Crippen LogP contribution < -0.4 is 11.5 Å². The summed E-state index contributed by atoms with van der Waals surface area (Å²) in [6, 6.07) is 0. The van der Waals surface area contributed by atoms with E-state index >= 15 is 0 Å². The number of carbonyl (C=O) groups is 1. The molecule has 0 radical (unpaired) electrons. The van der Waals surface area contributed by atoms with Gasteiger partial charge in [-0.05, 0) is 44.2 Å². The monoisotopic (exact) mass is 288 g/mol. The fourth-order valence-electron chi connectivity index (χ4n) is 2.09. The van der Waals surface area contributed by atoms with Crippen molar-refractivity contribution in [1.29, 1.82) is 0 Å². The quantitative estimate of drug-likeness (QED) is 0.655. The number of aliphatic carboxylic acids is 1. The number of carboxylic acids is 1. The Morgan fingerprint density at radius 1 is 1.00 bits per heavy atom. The topological polar surface area (TPSA) is 84.3 Å². The maximum absolute atomic E-state index is 10.2. The van der Waals surface area contributed by atoms with E-state index in [4.69, 9.17) is 5.11 Å². The maximum Gasteiger partial charge on any atom is 0.303 e. The fraction of sp³-hybridized carbons (Fsp3) is 0.938. The minimum Gasteiger partial charge on any atom is -0.481 e. The lowest BCUT2D eigenvalue weighted by molar-refractivity contribution is -0.137. The molecule has 4 heteroatoms. The van der Waals surface area contributed by atoms with Crippen molar-refractivity contribution in [1.82, 2.24) is 11.5 Å². The molecule has 1 heterocycles. The second-order valence-corrected chi connectivity index (χ2v) is 6.68. The van der Waals surface area contributed by atoms with Gasteiger partial charge in [0.15, 0.2) is 0 Å². The summed E-state index contributed by atoms with van der Waals surface area (Å²) in [4.78, 5) is 10.2. The third-order valence-electron chi connectivity index (χ3n) is 3.27. The highest BCUT2D eigenvalue weighted by molar-refractivity contribution is 5.66. The van der Waals surface area contributed by atoms with Crippen molar-refractivity contribution < 1.29 is 9.90 Å². The van der Waals surface area contributed by atoms with Gasteiger partial charge >= 0.3 is 5.97 Å². The zero-order valence-corrected chi connectivity index (χ0v) is 13.8. The predicted molar refractivity (Wildman–Crippen MR) is 86.5 cm³/mol. The number of nitrogens with one attached hydrogen (secondary N) is 1. The van der Waals surface area contributed by atoms with Crippen LogP contribution in [-0.4, -0.2) is 24.2 Å². The molecule has 0 bridgehead atoms. The van der Waals surface area contributed by atoms with Crippen molar-refractivity contribution in [2.75, 3.05) is 13.1 Å². The SMILES string of the molecule is C1CCCNCC1.CC(C)(C)CCCCCC(=O)O.N. The van der Waals surface area contributed by atoms with Gasteiger partial charge in [-0.25, -0.2) is 0 Å². The average Bonchev–Trinajstić information content (AvgIpc) is 2.59. The molecule has 1 aliphatic heterocycles. The summed E-state index contributed by atoms with van der Waals surface area (Å²) in [7, 11) is 0. The summed E-state index contributed by atoms with van der Waals surface area (Å²) in [6.45, 7) is 9.14. The van der Waals surface area contributed by atoms with Gasteiger partial charge in [0.25, 0.3) is 0 Å². The summed E-state index contributed by atoms with van der Waals surface area (Å²) in [5.74, 6) is -0.675. The Morgan fingerprint density at radius 2 is 1.55 bits per heavy atom. The lowest BCUT2D eigenvalue weighted by atomic mass is 9.89. The van der Waals surface area contributed by atoms with Crippen molar-refractivity contribution in [3.05, 3.63) is 0 Å². The summed E-state index contributed by atoms with van der Waals surface area (Å²) in [6.07, 6.45) is 10.2. The molecule has 0 aromatic carbocycles. The maximum atomic E-state index is 10.2. The number of hydrogen-bond acceptors (Lipinski definition) is 3. The lowest BCUT2D eigenvalue weighted by Crippen LogP contribution is -2.12. The molecule has 0 spiro atoms. The van der Waals surface area contributed by atoms with E-state index < -0.39 is 5.97 Å².